The molecule has 6 heteroatoms. The largest absolute Gasteiger partial charge is 0.384 e. The van der Waals surface area contributed by atoms with Gasteiger partial charge in [-0.3, -0.25) is 9.59 Å². The molecule has 5 nitrogen and oxygen atoms in total. The maximum absolute atomic E-state index is 12.3. The highest BCUT2D eigenvalue weighted by atomic mass is 35.5. The number of benzene rings is 1. The molecule has 0 atom stereocenters. The molecule has 0 aliphatic carbocycles. The monoisotopic (exact) mass is 338 g/mol. The molecular formula is C17H23ClN2O3. The van der Waals surface area contributed by atoms with E-state index in [0.717, 1.165) is 5.56 Å². The Morgan fingerprint density at radius 2 is 1.52 bits per heavy atom. The lowest BCUT2D eigenvalue weighted by Gasteiger charge is -2.35. The first-order valence-electron chi connectivity index (χ1n) is 7.89. The van der Waals surface area contributed by atoms with Gasteiger partial charge in [-0.15, -0.1) is 0 Å². The van der Waals surface area contributed by atoms with E-state index >= 15 is 0 Å². The third kappa shape index (κ3) is 5.52. The van der Waals surface area contributed by atoms with Crippen molar-refractivity contribution in [2.75, 3.05) is 39.9 Å². The molecule has 2 rings (SSSR count). The van der Waals surface area contributed by atoms with Crippen LogP contribution in [0.5, 0.6) is 0 Å². The van der Waals surface area contributed by atoms with E-state index in [0.29, 0.717) is 57.1 Å². The van der Waals surface area contributed by atoms with E-state index in [9.17, 15) is 9.59 Å². The van der Waals surface area contributed by atoms with Crippen LogP contribution in [0.2, 0.25) is 5.02 Å². The van der Waals surface area contributed by atoms with Gasteiger partial charge in [-0.05, 0) is 24.1 Å². The average molecular weight is 339 g/mol. The number of piperazine rings is 1. The zero-order valence-corrected chi connectivity index (χ0v) is 14.2. The van der Waals surface area contributed by atoms with Crippen molar-refractivity contribution < 1.29 is 14.3 Å². The number of carbonyl (C=O) groups excluding carboxylic acids is 2. The SMILES string of the molecule is COCCC(=O)N1CCN(C(=O)CCc2ccc(Cl)cc2)CC1. The number of ether oxygens (including phenoxy) is 1. The van der Waals surface area contributed by atoms with Gasteiger partial charge in [0.05, 0.1) is 13.0 Å². The minimum atomic E-state index is 0.0973. The second-order valence-corrected chi connectivity index (χ2v) is 6.07. The average Bonchev–Trinajstić information content (AvgIpc) is 2.59. The number of amides is 2. The summed E-state index contributed by atoms with van der Waals surface area (Å²) in [7, 11) is 1.59. The molecule has 1 heterocycles. The number of nitrogens with zero attached hydrogens (tertiary/aromatic N) is 2. The van der Waals surface area contributed by atoms with Crippen LogP contribution < -0.4 is 0 Å². The van der Waals surface area contributed by atoms with Crippen molar-refractivity contribution in [1.82, 2.24) is 9.80 Å². The maximum atomic E-state index is 12.3. The van der Waals surface area contributed by atoms with Gasteiger partial charge in [0.1, 0.15) is 0 Å². The van der Waals surface area contributed by atoms with Crippen molar-refractivity contribution in [3.05, 3.63) is 34.9 Å². The van der Waals surface area contributed by atoms with E-state index in [4.69, 9.17) is 16.3 Å². The Balaban J connectivity index is 1.73. The Morgan fingerprint density at radius 1 is 1.00 bits per heavy atom. The van der Waals surface area contributed by atoms with Gasteiger partial charge < -0.3 is 14.5 Å². The topological polar surface area (TPSA) is 49.9 Å². The number of carbonyl (C=O) groups is 2. The van der Waals surface area contributed by atoms with Crippen LogP contribution in [0.4, 0.5) is 0 Å². The van der Waals surface area contributed by atoms with Crippen molar-refractivity contribution in [2.24, 2.45) is 0 Å². The second-order valence-electron chi connectivity index (χ2n) is 5.63. The van der Waals surface area contributed by atoms with Crippen molar-refractivity contribution in [2.45, 2.75) is 19.3 Å². The molecule has 1 saturated heterocycles. The molecule has 0 aromatic heterocycles. The lowest BCUT2D eigenvalue weighted by atomic mass is 10.1. The van der Waals surface area contributed by atoms with Gasteiger partial charge >= 0.3 is 0 Å². The van der Waals surface area contributed by atoms with E-state index in [1.165, 1.54) is 0 Å². The van der Waals surface area contributed by atoms with E-state index in [-0.39, 0.29) is 11.8 Å². The molecular weight excluding hydrogens is 316 g/mol. The summed E-state index contributed by atoms with van der Waals surface area (Å²) in [6.45, 7) is 2.87. The summed E-state index contributed by atoms with van der Waals surface area (Å²) in [6.07, 6.45) is 1.60. The lowest BCUT2D eigenvalue weighted by Crippen LogP contribution is -2.50. The third-order valence-corrected chi connectivity index (χ3v) is 4.30. The van der Waals surface area contributed by atoms with Crippen LogP contribution in [0.3, 0.4) is 0 Å². The minimum Gasteiger partial charge on any atom is -0.384 e. The van der Waals surface area contributed by atoms with E-state index in [2.05, 4.69) is 0 Å². The first kappa shape index (κ1) is 17.8. The number of methoxy groups -OCH3 is 1. The highest BCUT2D eigenvalue weighted by molar-refractivity contribution is 6.30. The standard InChI is InChI=1S/C17H23ClN2O3/c1-23-13-8-17(22)20-11-9-19(10-12-20)16(21)7-4-14-2-5-15(18)6-3-14/h2-3,5-6H,4,7-13H2,1H3. The van der Waals surface area contributed by atoms with Gasteiger partial charge in [0, 0.05) is 44.7 Å². The van der Waals surface area contributed by atoms with Crippen LogP contribution in [-0.4, -0.2) is 61.5 Å². The fourth-order valence-electron chi connectivity index (χ4n) is 2.61. The van der Waals surface area contributed by atoms with E-state index in [1.807, 2.05) is 34.1 Å². The Labute approximate surface area is 142 Å². The summed E-state index contributed by atoms with van der Waals surface area (Å²) in [5.41, 5.74) is 1.11. The van der Waals surface area contributed by atoms with Crippen molar-refractivity contribution in [3.63, 3.8) is 0 Å². The number of hydrogen-bond acceptors (Lipinski definition) is 3. The Bertz CT molecular complexity index is 525. The molecule has 23 heavy (non-hydrogen) atoms. The summed E-state index contributed by atoms with van der Waals surface area (Å²) in [5, 5.41) is 0.703. The Kier molecular flexibility index (Phi) is 6.86. The number of aryl methyl sites for hydroxylation is 1. The van der Waals surface area contributed by atoms with Crippen LogP contribution in [0.25, 0.3) is 0 Å². The molecule has 2 amide bonds. The number of halogens is 1. The van der Waals surface area contributed by atoms with Crippen LogP contribution in [0, 0.1) is 0 Å². The number of hydrogen-bond donors (Lipinski definition) is 0. The maximum Gasteiger partial charge on any atom is 0.225 e. The van der Waals surface area contributed by atoms with Gasteiger partial charge in [0.2, 0.25) is 11.8 Å². The minimum absolute atomic E-state index is 0.0973. The molecule has 1 aliphatic heterocycles. The van der Waals surface area contributed by atoms with Gasteiger partial charge in [0.15, 0.2) is 0 Å². The van der Waals surface area contributed by atoms with Crippen molar-refractivity contribution in [3.8, 4) is 0 Å². The molecule has 0 unspecified atom stereocenters. The Morgan fingerprint density at radius 3 is 2.04 bits per heavy atom. The van der Waals surface area contributed by atoms with Crippen LogP contribution in [-0.2, 0) is 20.7 Å². The molecule has 0 radical (unpaired) electrons. The smallest absolute Gasteiger partial charge is 0.225 e. The quantitative estimate of drug-likeness (QED) is 0.797. The summed E-state index contributed by atoms with van der Waals surface area (Å²) in [6, 6.07) is 7.57. The predicted octanol–water partition coefficient (Wildman–Crippen LogP) is 1.98. The Hall–Kier alpha value is -1.59. The molecule has 1 aromatic rings. The molecule has 1 aliphatic rings. The second kappa shape index (κ2) is 8.89. The third-order valence-electron chi connectivity index (χ3n) is 4.05. The predicted molar refractivity (Wildman–Crippen MR) is 89.4 cm³/mol. The van der Waals surface area contributed by atoms with Crippen LogP contribution >= 0.6 is 11.6 Å². The molecule has 0 spiro atoms. The van der Waals surface area contributed by atoms with Crippen LogP contribution in [0.1, 0.15) is 18.4 Å². The van der Waals surface area contributed by atoms with E-state index in [1.54, 1.807) is 7.11 Å². The summed E-state index contributed by atoms with van der Waals surface area (Å²) >= 11 is 5.85. The zero-order chi connectivity index (χ0) is 16.7. The molecule has 0 saturated carbocycles. The number of rotatable bonds is 6. The van der Waals surface area contributed by atoms with Gasteiger partial charge in [-0.2, -0.15) is 0 Å². The summed E-state index contributed by atoms with van der Waals surface area (Å²) < 4.78 is 4.92. The molecule has 0 bridgehead atoms. The first-order valence-corrected chi connectivity index (χ1v) is 8.27. The van der Waals surface area contributed by atoms with Gasteiger partial charge in [-0.25, -0.2) is 0 Å². The van der Waals surface area contributed by atoms with Gasteiger partial charge in [-0.1, -0.05) is 23.7 Å². The van der Waals surface area contributed by atoms with Crippen molar-refractivity contribution >= 4 is 23.4 Å². The molecule has 1 aromatic carbocycles. The van der Waals surface area contributed by atoms with Crippen molar-refractivity contribution in [1.29, 1.82) is 0 Å². The fraction of sp³-hybridized carbons (Fsp3) is 0.529. The lowest BCUT2D eigenvalue weighted by molar-refractivity contribution is -0.140. The summed E-state index contributed by atoms with van der Waals surface area (Å²) in [5.74, 6) is 0.240. The molecule has 126 valence electrons. The fourth-order valence-corrected chi connectivity index (χ4v) is 2.74. The first-order chi connectivity index (χ1) is 11.1. The highest BCUT2D eigenvalue weighted by Gasteiger charge is 2.23. The summed E-state index contributed by atoms with van der Waals surface area (Å²) in [4.78, 5) is 27.8. The van der Waals surface area contributed by atoms with Gasteiger partial charge in [0.25, 0.3) is 0 Å². The highest BCUT2D eigenvalue weighted by Crippen LogP contribution is 2.12. The normalized spacial score (nSPS) is 14.9. The van der Waals surface area contributed by atoms with E-state index < -0.39 is 0 Å². The molecule has 0 N–H and O–H groups in total. The zero-order valence-electron chi connectivity index (χ0n) is 13.5. The van der Waals surface area contributed by atoms with Crippen LogP contribution in [0.15, 0.2) is 24.3 Å². The molecule has 1 fully saturated rings.